The molecule has 0 fully saturated rings. The summed E-state index contributed by atoms with van der Waals surface area (Å²) in [6.45, 7) is 2.50. The van der Waals surface area contributed by atoms with Crippen molar-refractivity contribution in [3.8, 4) is 4.97 Å². The maximum atomic E-state index is 14.0. The molecule has 31 heavy (non-hydrogen) atoms. The van der Waals surface area contributed by atoms with E-state index in [0.29, 0.717) is 6.54 Å². The second kappa shape index (κ2) is 10.7. The second-order valence-corrected chi connectivity index (χ2v) is 10.4. The number of benzene rings is 2. The molecule has 0 saturated carbocycles. The van der Waals surface area contributed by atoms with Crippen molar-refractivity contribution < 1.29 is 13.4 Å². The summed E-state index contributed by atoms with van der Waals surface area (Å²) < 4.78 is 25.6. The topological polar surface area (TPSA) is 70.0 Å². The molecule has 1 amide bonds. The fourth-order valence-corrected chi connectivity index (χ4v) is 4.86. The molecule has 0 saturated heterocycles. The summed E-state index contributed by atoms with van der Waals surface area (Å²) in [6, 6.07) is 12.2. The van der Waals surface area contributed by atoms with E-state index in [9.17, 15) is 13.4 Å². The van der Waals surface area contributed by atoms with Gasteiger partial charge in [-0.3, -0.25) is 4.21 Å². The van der Waals surface area contributed by atoms with Crippen LogP contribution in [0.15, 0.2) is 52.9 Å². The van der Waals surface area contributed by atoms with E-state index in [1.807, 2.05) is 37.3 Å². The minimum Gasteiger partial charge on any atom is -0.255 e. The Morgan fingerprint density at radius 1 is 1.23 bits per heavy atom. The number of nitrogens with one attached hydrogen (secondary N) is 1. The zero-order valence-electron chi connectivity index (χ0n) is 17.4. The number of hydrogen-bond acceptors (Lipinski definition) is 3. The number of carbonyl (C=O) groups excluding carboxylic acids is 1. The van der Waals surface area contributed by atoms with E-state index < -0.39 is 10.8 Å². The molecule has 160 valence electrons. The number of halogens is 1. The van der Waals surface area contributed by atoms with Crippen LogP contribution in [0.1, 0.15) is 36.5 Å². The normalized spacial score (nSPS) is 15.0. The SMILES string of the molecule is CC1=C(CC(=O)NCCC[Se]C#N)c2cc(F)ccc2/C1=C\c1ccc(S(C)=O)cc1. The van der Waals surface area contributed by atoms with Crippen LogP contribution in [0.2, 0.25) is 5.32 Å². The summed E-state index contributed by atoms with van der Waals surface area (Å²) in [4.78, 5) is 15.4. The molecule has 3 rings (SSSR count). The van der Waals surface area contributed by atoms with Crippen molar-refractivity contribution in [2.45, 2.75) is 30.0 Å². The number of nitriles is 1. The molecule has 0 radical (unpaired) electrons. The Morgan fingerprint density at radius 2 is 1.97 bits per heavy atom. The van der Waals surface area contributed by atoms with Gasteiger partial charge in [0.2, 0.25) is 0 Å². The minimum atomic E-state index is -1.04. The summed E-state index contributed by atoms with van der Waals surface area (Å²) in [7, 11) is -1.04. The van der Waals surface area contributed by atoms with E-state index in [0.717, 1.165) is 50.0 Å². The number of allylic oxidation sites excluding steroid dienone is 2. The first kappa shape index (κ1) is 23.1. The molecule has 0 spiro atoms. The predicted molar refractivity (Wildman–Crippen MR) is 124 cm³/mol. The Morgan fingerprint density at radius 3 is 2.65 bits per heavy atom. The number of carbonyl (C=O) groups is 1. The van der Waals surface area contributed by atoms with Crippen LogP contribution >= 0.6 is 0 Å². The van der Waals surface area contributed by atoms with Gasteiger partial charge in [0.1, 0.15) is 0 Å². The van der Waals surface area contributed by atoms with Crippen LogP contribution < -0.4 is 5.32 Å². The van der Waals surface area contributed by atoms with Gasteiger partial charge in [-0.15, -0.1) is 0 Å². The van der Waals surface area contributed by atoms with E-state index in [4.69, 9.17) is 5.26 Å². The molecule has 1 aliphatic rings. The third-order valence-corrected chi connectivity index (χ3v) is 7.36. The van der Waals surface area contributed by atoms with Crippen molar-refractivity contribution in [2.24, 2.45) is 0 Å². The molecule has 0 heterocycles. The average molecular weight is 501 g/mol. The Kier molecular flexibility index (Phi) is 7.97. The van der Waals surface area contributed by atoms with Gasteiger partial charge in [0.25, 0.3) is 0 Å². The summed E-state index contributed by atoms with van der Waals surface area (Å²) in [5, 5.41) is 12.3. The number of fused-ring (bicyclic) bond motifs is 1. The quantitative estimate of drug-likeness (QED) is 0.431. The zero-order valence-corrected chi connectivity index (χ0v) is 19.9. The molecule has 7 heteroatoms. The molecule has 0 aliphatic heterocycles. The average Bonchev–Trinajstić information content (AvgIpc) is 2.99. The van der Waals surface area contributed by atoms with E-state index in [2.05, 4.69) is 10.3 Å². The molecule has 4 nitrogen and oxygen atoms in total. The predicted octanol–water partition coefficient (Wildman–Crippen LogP) is 4.39. The van der Waals surface area contributed by atoms with Crippen LogP contribution in [-0.4, -0.2) is 37.9 Å². The summed E-state index contributed by atoms with van der Waals surface area (Å²) >= 11 is -0.0319. The van der Waals surface area contributed by atoms with Crippen LogP contribution in [0.5, 0.6) is 0 Å². The van der Waals surface area contributed by atoms with E-state index in [1.54, 1.807) is 12.3 Å². The first-order chi connectivity index (χ1) is 14.9. The minimum absolute atomic E-state index is 0.0319. The third-order valence-electron chi connectivity index (χ3n) is 5.12. The van der Waals surface area contributed by atoms with Crippen molar-refractivity contribution in [1.82, 2.24) is 5.32 Å². The molecule has 2 aromatic carbocycles. The first-order valence-electron chi connectivity index (χ1n) is 9.84. The van der Waals surface area contributed by atoms with Gasteiger partial charge in [0.15, 0.2) is 0 Å². The number of hydrogen-bond donors (Lipinski definition) is 1. The smallest absolute Gasteiger partial charge is 0.255 e. The number of rotatable bonds is 8. The molecule has 2 aromatic rings. The summed E-state index contributed by atoms with van der Waals surface area (Å²) in [5.74, 6) is -0.440. The van der Waals surface area contributed by atoms with Gasteiger partial charge >= 0.3 is 153 Å². The van der Waals surface area contributed by atoms with Gasteiger partial charge in [-0.2, -0.15) is 0 Å². The fourth-order valence-electron chi connectivity index (χ4n) is 3.54. The molecule has 0 bridgehead atoms. The number of amides is 1. The Hall–Kier alpha value is -2.52. The standard InChI is InChI=1S/C24H23FN2O2SSe/c1-16-21(12-17-4-7-19(8-5-17)30(2)29)20-9-6-18(25)13-23(20)22(16)14-24(28)27-10-3-11-31-15-26/h4-9,12-13H,3,10-11,14H2,1-2H3,(H,27,28)/b21-12-. The first-order valence-corrected chi connectivity index (χ1v) is 13.5. The zero-order chi connectivity index (χ0) is 22.4. The Balaban J connectivity index is 1.86. The van der Waals surface area contributed by atoms with Crippen molar-refractivity contribution in [3.63, 3.8) is 0 Å². The monoisotopic (exact) mass is 502 g/mol. The van der Waals surface area contributed by atoms with Gasteiger partial charge in [-0.25, -0.2) is 0 Å². The Labute approximate surface area is 190 Å². The summed E-state index contributed by atoms with van der Waals surface area (Å²) in [5.41, 5.74) is 5.33. The van der Waals surface area contributed by atoms with Crippen LogP contribution in [0.25, 0.3) is 17.2 Å². The molecular formula is C24H23FN2O2SSe. The Bertz CT molecular complexity index is 1120. The van der Waals surface area contributed by atoms with Gasteiger partial charge < -0.3 is 0 Å². The van der Waals surface area contributed by atoms with Gasteiger partial charge in [0.05, 0.1) is 0 Å². The van der Waals surface area contributed by atoms with Gasteiger partial charge in [0, 0.05) is 22.0 Å². The maximum absolute atomic E-state index is 14.0. The van der Waals surface area contributed by atoms with Crippen LogP contribution in [0, 0.1) is 16.0 Å². The van der Waals surface area contributed by atoms with E-state index in [-0.39, 0.29) is 33.1 Å². The molecule has 0 aromatic heterocycles. The molecule has 1 unspecified atom stereocenters. The molecular weight excluding hydrogens is 478 g/mol. The van der Waals surface area contributed by atoms with Gasteiger partial charge in [-0.1, -0.05) is 0 Å². The van der Waals surface area contributed by atoms with Crippen LogP contribution in [-0.2, 0) is 15.6 Å². The van der Waals surface area contributed by atoms with E-state index in [1.165, 1.54) is 12.1 Å². The van der Waals surface area contributed by atoms with Crippen molar-refractivity contribution in [3.05, 3.63) is 70.5 Å². The van der Waals surface area contributed by atoms with Crippen molar-refractivity contribution in [1.29, 1.82) is 5.26 Å². The van der Waals surface area contributed by atoms with Crippen LogP contribution in [0.4, 0.5) is 4.39 Å². The number of nitrogens with zero attached hydrogens (tertiary/aromatic N) is 1. The third kappa shape index (κ3) is 5.80. The molecule has 1 aliphatic carbocycles. The molecule has 1 N–H and O–H groups in total. The van der Waals surface area contributed by atoms with Crippen molar-refractivity contribution in [2.75, 3.05) is 12.8 Å². The molecule has 1 atom stereocenters. The van der Waals surface area contributed by atoms with Gasteiger partial charge in [-0.05, 0) is 12.1 Å². The van der Waals surface area contributed by atoms with Crippen molar-refractivity contribution >= 4 is 48.9 Å². The second-order valence-electron chi connectivity index (χ2n) is 7.19. The fraction of sp³-hybridized carbons (Fsp3) is 0.250. The van der Waals surface area contributed by atoms with Crippen LogP contribution in [0.3, 0.4) is 0 Å². The van der Waals surface area contributed by atoms with E-state index >= 15 is 0 Å². The summed E-state index contributed by atoms with van der Waals surface area (Å²) in [6.07, 6.45) is 4.62.